The van der Waals surface area contributed by atoms with Crippen LogP contribution in [0.4, 0.5) is 22.7 Å². The van der Waals surface area contributed by atoms with Crippen LogP contribution >= 0.6 is 0 Å². The van der Waals surface area contributed by atoms with E-state index in [1.807, 2.05) is 30.6 Å². The maximum Gasteiger partial charge on any atom is 0.137 e. The van der Waals surface area contributed by atoms with Gasteiger partial charge in [0.1, 0.15) is 18.8 Å². The van der Waals surface area contributed by atoms with Crippen molar-refractivity contribution in [3.05, 3.63) is 217 Å². The van der Waals surface area contributed by atoms with Crippen molar-refractivity contribution in [1.29, 1.82) is 0 Å². The van der Waals surface area contributed by atoms with E-state index in [1.54, 1.807) is 6.33 Å². The predicted molar refractivity (Wildman–Crippen MR) is 221 cm³/mol. The maximum absolute atomic E-state index is 4.77. The summed E-state index contributed by atoms with van der Waals surface area (Å²) in [4.78, 5) is 18.7. The molecule has 0 radical (unpaired) electrons. The second-order valence-electron chi connectivity index (χ2n) is 13.4. The molecule has 0 unspecified atom stereocenters. The van der Waals surface area contributed by atoms with Crippen LogP contribution in [0, 0.1) is 0 Å². The third-order valence-corrected chi connectivity index (χ3v) is 10.2. The van der Waals surface area contributed by atoms with Gasteiger partial charge >= 0.3 is 0 Å². The maximum atomic E-state index is 4.77. The van der Waals surface area contributed by atoms with Crippen LogP contribution in [0.25, 0.3) is 38.9 Å². The fourth-order valence-electron chi connectivity index (χ4n) is 7.84. The first-order valence-corrected chi connectivity index (χ1v) is 18.1. The molecule has 4 heterocycles. The lowest BCUT2D eigenvalue weighted by molar-refractivity contribution is 0.991. The van der Waals surface area contributed by atoms with Crippen LogP contribution in [0.1, 0.15) is 22.3 Å². The summed E-state index contributed by atoms with van der Waals surface area (Å²) in [5.74, 6) is 0.819. The molecule has 0 amide bonds. The van der Waals surface area contributed by atoms with E-state index in [-0.39, 0.29) is 0 Å². The minimum atomic E-state index is 0.702. The van der Waals surface area contributed by atoms with Crippen LogP contribution in [-0.4, -0.2) is 26.2 Å². The van der Waals surface area contributed by atoms with E-state index in [0.29, 0.717) is 6.67 Å². The van der Waals surface area contributed by atoms with Crippen LogP contribution < -0.4 is 9.80 Å². The Morgan fingerprint density at radius 1 is 0.463 bits per heavy atom. The number of hydrogen-bond donors (Lipinski definition) is 0. The lowest BCUT2D eigenvalue weighted by Crippen LogP contribution is -2.23. The molecule has 6 nitrogen and oxygen atoms in total. The zero-order valence-corrected chi connectivity index (χ0v) is 29.4. The summed E-state index contributed by atoms with van der Waals surface area (Å²) in [7, 11) is 0. The van der Waals surface area contributed by atoms with Crippen LogP contribution in [0.2, 0.25) is 0 Å². The van der Waals surface area contributed by atoms with Crippen LogP contribution in [0.3, 0.4) is 0 Å². The largest absolute Gasteiger partial charge is 0.321 e. The van der Waals surface area contributed by atoms with E-state index >= 15 is 0 Å². The SMILES string of the molecule is c1ccc(C(=C(c2cccc(N3CN(c4ccccc4)c4ccccc43)c2)c2ccc3c4ncncc4n(-c4ccccn4)c3c2)c2ccccc2)cc1. The Balaban J connectivity index is 1.22. The molecule has 6 heteroatoms. The summed E-state index contributed by atoms with van der Waals surface area (Å²) in [6.07, 6.45) is 5.33. The Hall–Kier alpha value is -7.31. The molecule has 0 bridgehead atoms. The summed E-state index contributed by atoms with van der Waals surface area (Å²) >= 11 is 0. The lowest BCUT2D eigenvalue weighted by Gasteiger charge is -2.24. The summed E-state index contributed by atoms with van der Waals surface area (Å²) < 4.78 is 2.17. The zero-order valence-electron chi connectivity index (χ0n) is 29.4. The highest BCUT2D eigenvalue weighted by Crippen LogP contribution is 2.46. The van der Waals surface area contributed by atoms with Crippen LogP contribution in [-0.2, 0) is 0 Å². The topological polar surface area (TPSA) is 50.1 Å². The van der Waals surface area contributed by atoms with Crippen molar-refractivity contribution in [3.63, 3.8) is 0 Å². The van der Waals surface area contributed by atoms with Gasteiger partial charge in [-0.1, -0.05) is 115 Å². The van der Waals surface area contributed by atoms with Gasteiger partial charge in [-0.3, -0.25) is 4.57 Å². The van der Waals surface area contributed by atoms with Crippen molar-refractivity contribution in [2.45, 2.75) is 0 Å². The van der Waals surface area contributed by atoms with Crippen molar-refractivity contribution in [1.82, 2.24) is 19.5 Å². The molecule has 54 heavy (non-hydrogen) atoms. The van der Waals surface area contributed by atoms with Gasteiger partial charge in [-0.2, -0.15) is 0 Å². The summed E-state index contributed by atoms with van der Waals surface area (Å²) in [5, 5.41) is 1.05. The third-order valence-electron chi connectivity index (χ3n) is 10.2. The van der Waals surface area contributed by atoms with Gasteiger partial charge in [0, 0.05) is 23.0 Å². The van der Waals surface area contributed by atoms with Crippen molar-refractivity contribution in [2.75, 3.05) is 16.5 Å². The molecule has 0 saturated carbocycles. The summed E-state index contributed by atoms with van der Waals surface area (Å²) in [6, 6.07) is 62.5. The van der Waals surface area contributed by atoms with Crippen molar-refractivity contribution in [2.24, 2.45) is 0 Å². The van der Waals surface area contributed by atoms with Gasteiger partial charge in [0.2, 0.25) is 0 Å². The molecule has 0 N–H and O–H groups in total. The number of rotatable bonds is 7. The summed E-state index contributed by atoms with van der Waals surface area (Å²) in [6.45, 7) is 0.702. The minimum Gasteiger partial charge on any atom is -0.321 e. The van der Waals surface area contributed by atoms with Gasteiger partial charge in [-0.25, -0.2) is 15.0 Å². The van der Waals surface area contributed by atoms with Crippen LogP contribution in [0.5, 0.6) is 0 Å². The Morgan fingerprint density at radius 2 is 1.06 bits per heavy atom. The number of aromatic nitrogens is 4. The molecule has 0 atom stereocenters. The molecule has 0 aliphatic carbocycles. The van der Waals surface area contributed by atoms with Gasteiger partial charge in [-0.05, 0) is 94.1 Å². The molecule has 0 spiro atoms. The van der Waals surface area contributed by atoms with E-state index < -0.39 is 0 Å². The average molecular weight is 695 g/mol. The Bertz CT molecular complexity index is 2750. The molecule has 3 aromatic heterocycles. The normalized spacial score (nSPS) is 12.3. The first kappa shape index (κ1) is 31.4. The van der Waals surface area contributed by atoms with E-state index in [0.717, 1.165) is 66.8 Å². The third kappa shape index (κ3) is 5.40. The molecule has 1 aliphatic rings. The first-order valence-electron chi connectivity index (χ1n) is 18.1. The lowest BCUT2D eigenvalue weighted by atomic mass is 9.85. The molecular formula is C48H34N6. The first-order chi connectivity index (χ1) is 26.8. The molecule has 0 saturated heterocycles. The highest BCUT2D eigenvalue weighted by Gasteiger charge is 2.28. The van der Waals surface area contributed by atoms with Gasteiger partial charge in [0.15, 0.2) is 0 Å². The molecular weight excluding hydrogens is 661 g/mol. The number of fused-ring (bicyclic) bond motifs is 4. The number of nitrogens with zero attached hydrogens (tertiary/aromatic N) is 6. The van der Waals surface area contributed by atoms with Gasteiger partial charge in [-0.15, -0.1) is 0 Å². The minimum absolute atomic E-state index is 0.702. The number of hydrogen-bond acceptors (Lipinski definition) is 5. The van der Waals surface area contributed by atoms with Crippen molar-refractivity contribution >= 4 is 55.8 Å². The average Bonchev–Trinajstić information content (AvgIpc) is 3.80. The molecule has 9 aromatic rings. The molecule has 256 valence electrons. The Kier molecular flexibility index (Phi) is 7.77. The predicted octanol–water partition coefficient (Wildman–Crippen LogP) is 11.2. The number of anilines is 4. The second-order valence-corrected chi connectivity index (χ2v) is 13.4. The van der Waals surface area contributed by atoms with Gasteiger partial charge in [0.05, 0.1) is 34.1 Å². The highest BCUT2D eigenvalue weighted by molar-refractivity contribution is 6.10. The molecule has 10 rings (SSSR count). The van der Waals surface area contributed by atoms with Gasteiger partial charge in [0.25, 0.3) is 0 Å². The van der Waals surface area contributed by atoms with Crippen molar-refractivity contribution in [3.8, 4) is 5.82 Å². The number of benzene rings is 6. The smallest absolute Gasteiger partial charge is 0.137 e. The van der Waals surface area contributed by atoms with E-state index in [2.05, 4.69) is 177 Å². The summed E-state index contributed by atoms with van der Waals surface area (Å²) in [5.41, 5.74) is 14.3. The van der Waals surface area contributed by atoms with E-state index in [1.165, 1.54) is 17.1 Å². The van der Waals surface area contributed by atoms with Crippen LogP contribution in [0.15, 0.2) is 195 Å². The van der Waals surface area contributed by atoms with E-state index in [9.17, 15) is 0 Å². The monoisotopic (exact) mass is 694 g/mol. The highest BCUT2D eigenvalue weighted by atomic mass is 15.4. The fourth-order valence-corrected chi connectivity index (χ4v) is 7.84. The quantitative estimate of drug-likeness (QED) is 0.155. The number of pyridine rings is 1. The van der Waals surface area contributed by atoms with Gasteiger partial charge < -0.3 is 9.80 Å². The Morgan fingerprint density at radius 3 is 1.76 bits per heavy atom. The standard InChI is InChI=1S/C48H34N6/c1-4-15-34(16-5-1)46(35-17-6-2-7-18-35)47(37-26-27-40-43(30-37)54(45-25-12-13-28-50-45)44-31-49-32-51-48(40)44)36-19-14-22-39(29-36)53-33-52(38-20-8-3-9-21-38)41-23-10-11-24-42(41)53/h1-32H,33H2. The molecule has 0 fully saturated rings. The molecule has 6 aromatic carbocycles. The fraction of sp³-hybridized carbons (Fsp3) is 0.0208. The molecule has 1 aliphatic heterocycles. The Labute approximate surface area is 313 Å². The zero-order chi connectivity index (χ0) is 35.8. The van der Waals surface area contributed by atoms with Crippen molar-refractivity contribution < 1.29 is 0 Å². The van der Waals surface area contributed by atoms with E-state index in [4.69, 9.17) is 9.97 Å². The second kappa shape index (κ2) is 13.3. The number of para-hydroxylation sites is 3.